The van der Waals surface area contributed by atoms with Gasteiger partial charge in [-0.2, -0.15) is 0 Å². The predicted octanol–water partition coefficient (Wildman–Crippen LogP) is 12.7. The molecule has 0 fully saturated rings. The van der Waals surface area contributed by atoms with Crippen molar-refractivity contribution in [2.45, 2.75) is 6.42 Å². The highest BCUT2D eigenvalue weighted by Gasteiger charge is 2.19. The first-order chi connectivity index (χ1) is 27.6. The Bertz CT molecular complexity index is 3030. The van der Waals surface area contributed by atoms with E-state index < -0.39 is 0 Å². The molecule has 10 rings (SSSR count). The number of hydrogen-bond acceptors (Lipinski definition) is 2. The molecule has 0 saturated carbocycles. The lowest BCUT2D eigenvalue weighted by molar-refractivity contribution is 1.10. The average molecular weight is 719 g/mol. The Morgan fingerprint density at radius 1 is 0.536 bits per heavy atom. The summed E-state index contributed by atoms with van der Waals surface area (Å²) in [4.78, 5) is 4.96. The lowest BCUT2D eigenvalue weighted by atomic mass is 9.99. The van der Waals surface area contributed by atoms with E-state index in [1.165, 1.54) is 49.7 Å². The third-order valence-electron chi connectivity index (χ3n) is 10.9. The Balaban J connectivity index is 1.02. The molecule has 0 amide bonds. The van der Waals surface area contributed by atoms with Crippen LogP contribution in [-0.4, -0.2) is 14.8 Å². The molecule has 8 aromatic rings. The van der Waals surface area contributed by atoms with Crippen LogP contribution in [0.3, 0.4) is 0 Å². The molecule has 4 nitrogen and oxygen atoms in total. The van der Waals surface area contributed by atoms with Crippen molar-refractivity contribution >= 4 is 62.0 Å². The Hall–Kier alpha value is -7.43. The van der Waals surface area contributed by atoms with E-state index >= 15 is 0 Å². The maximum atomic E-state index is 6.63. The van der Waals surface area contributed by atoms with Crippen LogP contribution in [0.15, 0.2) is 199 Å². The van der Waals surface area contributed by atoms with E-state index in [0.717, 1.165) is 45.6 Å². The van der Waals surface area contributed by atoms with Gasteiger partial charge >= 0.3 is 0 Å². The van der Waals surface area contributed by atoms with E-state index in [1.807, 2.05) is 54.6 Å². The van der Waals surface area contributed by atoms with E-state index in [-0.39, 0.29) is 0 Å². The van der Waals surface area contributed by atoms with Gasteiger partial charge in [-0.3, -0.25) is 0 Å². The zero-order valence-corrected chi connectivity index (χ0v) is 30.8. The summed E-state index contributed by atoms with van der Waals surface area (Å²) in [5.41, 5.74) is 22.2. The standard InChI is InChI=1S/C52H38N4/c1-35(54-47-22-13-11-21-44(47)52(53)37-15-5-2-6-16-37)36-25-29-41(30-26-36)56-49-24-14-12-20-43(49)46-34-39(28-32-51(46)56)38-27-31-50-45(33-38)42-19-9-4-10-23-48(42)55(50)40-17-7-3-8-18-40/h2-3,5-34H,1,4,53H2/b52-44-,54-47?. The van der Waals surface area contributed by atoms with Crippen molar-refractivity contribution in [1.82, 2.24) is 9.13 Å². The van der Waals surface area contributed by atoms with Gasteiger partial charge < -0.3 is 14.9 Å². The van der Waals surface area contributed by atoms with Gasteiger partial charge in [-0.15, -0.1) is 0 Å². The number of para-hydroxylation sites is 2. The summed E-state index contributed by atoms with van der Waals surface area (Å²) in [7, 11) is 0. The molecule has 0 bridgehead atoms. The molecule has 266 valence electrons. The van der Waals surface area contributed by atoms with E-state index in [4.69, 9.17) is 10.7 Å². The minimum atomic E-state index is 0.677. The maximum Gasteiger partial charge on any atom is 0.0730 e. The Kier molecular flexibility index (Phi) is 8.15. The molecule has 0 atom stereocenters. The van der Waals surface area contributed by atoms with E-state index in [0.29, 0.717) is 11.4 Å². The molecule has 4 heteroatoms. The average Bonchev–Trinajstić information content (AvgIpc) is 3.63. The van der Waals surface area contributed by atoms with Gasteiger partial charge in [0.15, 0.2) is 0 Å². The number of allylic oxidation sites excluding steroid dienone is 7. The molecule has 0 radical (unpaired) electrons. The smallest absolute Gasteiger partial charge is 0.0730 e. The van der Waals surface area contributed by atoms with Gasteiger partial charge in [0.25, 0.3) is 0 Å². The Labute approximate surface area is 326 Å². The number of nitrogens with zero attached hydrogens (tertiary/aromatic N) is 3. The van der Waals surface area contributed by atoms with Gasteiger partial charge in [-0.25, -0.2) is 4.99 Å². The summed E-state index contributed by atoms with van der Waals surface area (Å²) >= 11 is 0. The minimum Gasteiger partial charge on any atom is -0.398 e. The largest absolute Gasteiger partial charge is 0.398 e. The fourth-order valence-electron chi connectivity index (χ4n) is 8.17. The van der Waals surface area contributed by atoms with Crippen LogP contribution in [0, 0.1) is 0 Å². The molecule has 0 saturated heterocycles. The van der Waals surface area contributed by atoms with Crippen molar-refractivity contribution < 1.29 is 0 Å². The maximum absolute atomic E-state index is 6.63. The fraction of sp³-hybridized carbons (Fsp3) is 0.0192. The molecule has 2 aliphatic rings. The Morgan fingerprint density at radius 2 is 1.16 bits per heavy atom. The minimum absolute atomic E-state index is 0.677. The van der Waals surface area contributed by atoms with Crippen LogP contribution in [-0.2, 0) is 0 Å². The van der Waals surface area contributed by atoms with E-state index in [2.05, 4.69) is 155 Å². The first-order valence-electron chi connectivity index (χ1n) is 19.0. The SMILES string of the molecule is C=C(N=C1C=CC=C/C1=C(/N)c1ccccc1)c1ccc(-n2c3ccccc3c3cc(-c4ccc5c(c4)c4c(n5-c5ccccc5)C=CCC=C4)ccc32)cc1. The highest BCUT2D eigenvalue weighted by molar-refractivity contribution is 6.17. The summed E-state index contributed by atoms with van der Waals surface area (Å²) in [6.45, 7) is 4.36. The van der Waals surface area contributed by atoms with Crippen molar-refractivity contribution in [3.63, 3.8) is 0 Å². The van der Waals surface area contributed by atoms with Gasteiger partial charge in [0.2, 0.25) is 0 Å². The van der Waals surface area contributed by atoms with Gasteiger partial charge in [0.05, 0.1) is 33.7 Å². The lowest BCUT2D eigenvalue weighted by Gasteiger charge is -2.13. The van der Waals surface area contributed by atoms with Crippen LogP contribution >= 0.6 is 0 Å². The molecule has 0 aliphatic heterocycles. The molecular formula is C52H38N4. The van der Waals surface area contributed by atoms with Crippen LogP contribution < -0.4 is 5.73 Å². The van der Waals surface area contributed by atoms with Crippen molar-refractivity contribution in [2.24, 2.45) is 10.7 Å². The predicted molar refractivity (Wildman–Crippen MR) is 238 cm³/mol. The second-order valence-corrected chi connectivity index (χ2v) is 14.2. The molecule has 2 aliphatic carbocycles. The molecule has 2 aromatic heterocycles. The van der Waals surface area contributed by atoms with E-state index in [1.54, 1.807) is 0 Å². The third-order valence-corrected chi connectivity index (χ3v) is 10.9. The van der Waals surface area contributed by atoms with Crippen LogP contribution in [0.4, 0.5) is 0 Å². The van der Waals surface area contributed by atoms with Crippen LogP contribution in [0.2, 0.25) is 0 Å². The van der Waals surface area contributed by atoms with Gasteiger partial charge in [0.1, 0.15) is 0 Å². The molecule has 2 N–H and O–H groups in total. The van der Waals surface area contributed by atoms with Crippen LogP contribution in [0.25, 0.3) is 78.8 Å². The lowest BCUT2D eigenvalue weighted by Crippen LogP contribution is -2.09. The summed E-state index contributed by atoms with van der Waals surface area (Å²) in [6, 6.07) is 51.6. The van der Waals surface area contributed by atoms with Crippen molar-refractivity contribution in [1.29, 1.82) is 0 Å². The highest BCUT2D eigenvalue weighted by atomic mass is 15.0. The number of aromatic nitrogens is 2. The van der Waals surface area contributed by atoms with Crippen LogP contribution in [0.5, 0.6) is 0 Å². The second kappa shape index (κ2) is 13.8. The van der Waals surface area contributed by atoms with Gasteiger partial charge in [-0.05, 0) is 95.4 Å². The number of benzene rings is 6. The number of rotatable bonds is 6. The molecule has 0 unspecified atom stereocenters. The topological polar surface area (TPSA) is 48.2 Å². The number of fused-ring (bicyclic) bond motifs is 6. The summed E-state index contributed by atoms with van der Waals surface area (Å²) in [5.74, 6) is 0. The number of hydrogen-bond donors (Lipinski definition) is 1. The number of aliphatic imine (C=N–C) groups is 1. The first kappa shape index (κ1) is 33.2. The van der Waals surface area contributed by atoms with Crippen LogP contribution in [0.1, 0.15) is 28.8 Å². The normalized spacial score (nSPS) is 15.2. The highest BCUT2D eigenvalue weighted by Crippen LogP contribution is 2.39. The molecule has 6 aromatic carbocycles. The fourth-order valence-corrected chi connectivity index (χ4v) is 8.17. The summed E-state index contributed by atoms with van der Waals surface area (Å²) in [6.07, 6.45) is 17.9. The first-order valence-corrected chi connectivity index (χ1v) is 19.0. The van der Waals surface area contributed by atoms with E-state index in [9.17, 15) is 0 Å². The zero-order valence-electron chi connectivity index (χ0n) is 30.8. The molecule has 56 heavy (non-hydrogen) atoms. The third kappa shape index (κ3) is 5.67. The quantitative estimate of drug-likeness (QED) is 0.183. The van der Waals surface area contributed by atoms with Gasteiger partial charge in [-0.1, -0.05) is 134 Å². The summed E-state index contributed by atoms with van der Waals surface area (Å²) < 4.78 is 4.73. The summed E-state index contributed by atoms with van der Waals surface area (Å²) in [5, 5.41) is 3.69. The monoisotopic (exact) mass is 718 g/mol. The second-order valence-electron chi connectivity index (χ2n) is 14.2. The van der Waals surface area contributed by atoms with Gasteiger partial charge in [0, 0.05) is 44.4 Å². The zero-order chi connectivity index (χ0) is 37.6. The molecule has 0 spiro atoms. The number of nitrogens with two attached hydrogens (primary N) is 1. The van der Waals surface area contributed by atoms with Crippen molar-refractivity contribution in [2.75, 3.05) is 0 Å². The van der Waals surface area contributed by atoms with Crippen molar-refractivity contribution in [3.8, 4) is 22.5 Å². The Morgan fingerprint density at radius 3 is 1.95 bits per heavy atom. The van der Waals surface area contributed by atoms with Crippen molar-refractivity contribution in [3.05, 3.63) is 217 Å². The molecule has 2 heterocycles. The molecular weight excluding hydrogens is 681 g/mol.